The molecular formula is C21H26N4O9S2. The molecule has 0 aromatic heterocycles. The molecule has 1 fully saturated rings. The van der Waals surface area contributed by atoms with Crippen LogP contribution in [-0.4, -0.2) is 74.7 Å². The fraction of sp³-hybridized carbons (Fsp3) is 0.381. The SMILES string of the molecule is CC1CN(S(=O)(=O)CCNC(=O)c2cc(NS(=O)(=O)c3cccc([N+](=O)[O-])c3)ccc2O)CC(C)O1. The zero-order valence-corrected chi connectivity index (χ0v) is 21.1. The minimum atomic E-state index is -4.25. The van der Waals surface area contributed by atoms with Gasteiger partial charge < -0.3 is 15.2 Å². The Morgan fingerprint density at radius 1 is 1.14 bits per heavy atom. The molecule has 2 atom stereocenters. The fourth-order valence-corrected chi connectivity index (χ4v) is 6.22. The summed E-state index contributed by atoms with van der Waals surface area (Å²) in [5.41, 5.74) is -0.798. The van der Waals surface area contributed by atoms with Gasteiger partial charge in [-0.2, -0.15) is 4.31 Å². The molecule has 1 amide bonds. The van der Waals surface area contributed by atoms with E-state index >= 15 is 0 Å². The maximum atomic E-state index is 12.6. The molecule has 2 unspecified atom stereocenters. The first kappa shape index (κ1) is 27.3. The topological polar surface area (TPSA) is 185 Å². The van der Waals surface area contributed by atoms with Crippen LogP contribution in [0.25, 0.3) is 0 Å². The molecule has 3 N–H and O–H groups in total. The van der Waals surface area contributed by atoms with Gasteiger partial charge in [0.25, 0.3) is 21.6 Å². The first-order chi connectivity index (χ1) is 16.8. The normalized spacial score (nSPS) is 18.9. The number of carbonyl (C=O) groups excluding carboxylic acids is 1. The molecule has 2 aromatic carbocycles. The van der Waals surface area contributed by atoms with E-state index < -0.39 is 42.3 Å². The average Bonchev–Trinajstić information content (AvgIpc) is 2.79. The quantitative estimate of drug-likeness (QED) is 0.238. The second-order valence-electron chi connectivity index (χ2n) is 8.24. The van der Waals surface area contributed by atoms with Crippen LogP contribution >= 0.6 is 0 Å². The minimum Gasteiger partial charge on any atom is -0.507 e. The number of amides is 1. The number of hydrogen-bond donors (Lipinski definition) is 3. The number of hydrogen-bond acceptors (Lipinski definition) is 9. The van der Waals surface area contributed by atoms with Gasteiger partial charge in [0.15, 0.2) is 0 Å². The van der Waals surface area contributed by atoms with Crippen LogP contribution in [-0.2, 0) is 24.8 Å². The van der Waals surface area contributed by atoms with Crippen molar-refractivity contribution >= 4 is 37.3 Å². The van der Waals surface area contributed by atoms with Crippen LogP contribution in [0.3, 0.4) is 0 Å². The van der Waals surface area contributed by atoms with Gasteiger partial charge in [-0.3, -0.25) is 19.6 Å². The first-order valence-electron chi connectivity index (χ1n) is 10.8. The minimum absolute atomic E-state index is 0.0895. The molecule has 0 bridgehead atoms. The van der Waals surface area contributed by atoms with Gasteiger partial charge in [0.2, 0.25) is 10.0 Å². The van der Waals surface area contributed by atoms with Crippen molar-refractivity contribution in [2.24, 2.45) is 0 Å². The Bertz CT molecular complexity index is 1350. The summed E-state index contributed by atoms with van der Waals surface area (Å²) >= 11 is 0. The molecule has 1 saturated heterocycles. The highest BCUT2D eigenvalue weighted by molar-refractivity contribution is 7.92. The number of benzene rings is 2. The number of nitrogens with zero attached hydrogens (tertiary/aromatic N) is 2. The monoisotopic (exact) mass is 542 g/mol. The molecule has 0 radical (unpaired) electrons. The Morgan fingerprint density at radius 2 is 1.81 bits per heavy atom. The third-order valence-electron chi connectivity index (χ3n) is 5.26. The highest BCUT2D eigenvalue weighted by Gasteiger charge is 2.30. The van der Waals surface area contributed by atoms with E-state index in [-0.39, 0.29) is 53.7 Å². The molecule has 0 spiro atoms. The molecule has 1 aliphatic heterocycles. The van der Waals surface area contributed by atoms with Crippen LogP contribution in [0.2, 0.25) is 0 Å². The molecular weight excluding hydrogens is 516 g/mol. The zero-order chi connectivity index (χ0) is 26.7. The predicted molar refractivity (Wildman–Crippen MR) is 130 cm³/mol. The average molecular weight is 543 g/mol. The second-order valence-corrected chi connectivity index (χ2v) is 12.0. The number of ether oxygens (including phenoxy) is 1. The van der Waals surface area contributed by atoms with Crippen LogP contribution in [0, 0.1) is 10.1 Å². The van der Waals surface area contributed by atoms with Crippen LogP contribution in [0.15, 0.2) is 47.4 Å². The lowest BCUT2D eigenvalue weighted by atomic mass is 10.1. The number of sulfonamides is 2. The Balaban J connectivity index is 1.68. The molecule has 0 aliphatic carbocycles. The lowest BCUT2D eigenvalue weighted by Gasteiger charge is -2.34. The van der Waals surface area contributed by atoms with Crippen LogP contribution < -0.4 is 10.0 Å². The molecule has 15 heteroatoms. The van der Waals surface area contributed by atoms with Crippen molar-refractivity contribution in [3.05, 3.63) is 58.1 Å². The summed E-state index contributed by atoms with van der Waals surface area (Å²) in [6, 6.07) is 7.77. The number of rotatable bonds is 9. The maximum Gasteiger partial charge on any atom is 0.270 e. The molecule has 1 aliphatic rings. The van der Waals surface area contributed by atoms with E-state index in [2.05, 4.69) is 10.0 Å². The van der Waals surface area contributed by atoms with Gasteiger partial charge in [0.1, 0.15) is 5.75 Å². The standard InChI is InChI=1S/C21H26N4O9S2/c1-14-12-24(13-15(2)34-14)35(30,31)9-8-22-21(27)19-10-16(6-7-20(19)26)23-36(32,33)18-5-3-4-17(11-18)25(28)29/h3-7,10-11,14-15,23,26H,8-9,12-13H2,1-2H3,(H,22,27). The largest absolute Gasteiger partial charge is 0.507 e. The Kier molecular flexibility index (Phi) is 8.18. The number of non-ortho nitro benzene ring substituents is 1. The van der Waals surface area contributed by atoms with E-state index in [0.717, 1.165) is 24.3 Å². The third-order valence-corrected chi connectivity index (χ3v) is 8.44. The van der Waals surface area contributed by atoms with Gasteiger partial charge in [0, 0.05) is 37.5 Å². The number of nitrogens with one attached hydrogen (secondary N) is 2. The molecule has 3 rings (SSSR count). The van der Waals surface area contributed by atoms with Crippen molar-refractivity contribution in [2.75, 3.05) is 30.1 Å². The van der Waals surface area contributed by atoms with Gasteiger partial charge in [-0.1, -0.05) is 6.07 Å². The van der Waals surface area contributed by atoms with Gasteiger partial charge >= 0.3 is 0 Å². The summed E-state index contributed by atoms with van der Waals surface area (Å²) in [6.07, 6.45) is -0.521. The maximum absolute atomic E-state index is 12.6. The van der Waals surface area contributed by atoms with Gasteiger partial charge in [-0.15, -0.1) is 0 Å². The number of phenolic OH excluding ortho intramolecular Hbond substituents is 1. The van der Waals surface area contributed by atoms with E-state index in [0.29, 0.717) is 0 Å². The number of nitro groups is 1. The summed E-state index contributed by atoms with van der Waals surface area (Å²) < 4.78 is 59.6. The zero-order valence-electron chi connectivity index (χ0n) is 19.4. The molecule has 13 nitrogen and oxygen atoms in total. The Labute approximate surface area is 208 Å². The van der Waals surface area contributed by atoms with Crippen LogP contribution in [0.5, 0.6) is 5.75 Å². The predicted octanol–water partition coefficient (Wildman–Crippen LogP) is 1.27. The summed E-state index contributed by atoms with van der Waals surface area (Å²) in [4.78, 5) is 22.4. The Morgan fingerprint density at radius 3 is 2.44 bits per heavy atom. The highest BCUT2D eigenvalue weighted by atomic mass is 32.2. The number of aromatic hydroxyl groups is 1. The van der Waals surface area contributed by atoms with Crippen molar-refractivity contribution in [3.8, 4) is 5.75 Å². The second kappa shape index (κ2) is 10.8. The summed E-state index contributed by atoms with van der Waals surface area (Å²) in [5, 5.41) is 23.4. The van der Waals surface area contributed by atoms with E-state index in [4.69, 9.17) is 4.74 Å². The Hall–Kier alpha value is -3.27. The number of anilines is 1. The molecule has 2 aromatic rings. The summed E-state index contributed by atoms with van der Waals surface area (Å²) in [5.74, 6) is -1.65. The lowest BCUT2D eigenvalue weighted by Crippen LogP contribution is -2.49. The summed E-state index contributed by atoms with van der Waals surface area (Å²) in [7, 11) is -7.92. The molecule has 36 heavy (non-hydrogen) atoms. The number of phenols is 1. The number of morpholine rings is 1. The van der Waals surface area contributed by atoms with Gasteiger partial charge in [-0.25, -0.2) is 16.8 Å². The lowest BCUT2D eigenvalue weighted by molar-refractivity contribution is -0.385. The van der Waals surface area contributed by atoms with Gasteiger partial charge in [0.05, 0.1) is 33.3 Å². The van der Waals surface area contributed by atoms with Crippen molar-refractivity contribution < 1.29 is 36.4 Å². The molecule has 0 saturated carbocycles. The van der Waals surface area contributed by atoms with E-state index in [1.165, 1.54) is 22.5 Å². The van der Waals surface area contributed by atoms with Crippen molar-refractivity contribution in [1.29, 1.82) is 0 Å². The van der Waals surface area contributed by atoms with Crippen molar-refractivity contribution in [2.45, 2.75) is 31.0 Å². The highest BCUT2D eigenvalue weighted by Crippen LogP contribution is 2.25. The van der Waals surface area contributed by atoms with Crippen molar-refractivity contribution in [3.63, 3.8) is 0 Å². The van der Waals surface area contributed by atoms with Crippen molar-refractivity contribution in [1.82, 2.24) is 9.62 Å². The van der Waals surface area contributed by atoms with E-state index in [9.17, 15) is 36.9 Å². The van der Waals surface area contributed by atoms with Gasteiger partial charge in [-0.05, 0) is 38.1 Å². The molecule has 1 heterocycles. The van der Waals surface area contributed by atoms with Crippen LogP contribution in [0.1, 0.15) is 24.2 Å². The smallest absolute Gasteiger partial charge is 0.270 e. The molecule has 196 valence electrons. The summed E-state index contributed by atoms with van der Waals surface area (Å²) in [6.45, 7) is 3.69. The van der Waals surface area contributed by atoms with E-state index in [1.54, 1.807) is 13.8 Å². The number of nitro benzene ring substituents is 1. The number of carbonyl (C=O) groups is 1. The third kappa shape index (κ3) is 6.69. The first-order valence-corrected chi connectivity index (χ1v) is 13.9. The van der Waals surface area contributed by atoms with Crippen LogP contribution in [0.4, 0.5) is 11.4 Å². The fourth-order valence-electron chi connectivity index (χ4n) is 3.64. The van der Waals surface area contributed by atoms with E-state index in [1.807, 2.05) is 0 Å².